The number of sulfone groups is 1. The van der Waals surface area contributed by atoms with Crippen molar-refractivity contribution in [2.45, 2.75) is 24.4 Å². The summed E-state index contributed by atoms with van der Waals surface area (Å²) in [6.07, 6.45) is 0.541. The summed E-state index contributed by atoms with van der Waals surface area (Å²) >= 11 is 1.31. The number of hydrogen-bond acceptors (Lipinski definition) is 8. The summed E-state index contributed by atoms with van der Waals surface area (Å²) in [6, 6.07) is -0.381. The molecule has 10 nitrogen and oxygen atoms in total. The SMILES string of the molecule is CCOC(=O)C1=C(CSc2nnc([C@@H]3CCS(=O)(=O)C3)n2C)NC(=O)NC1. The lowest BCUT2D eigenvalue weighted by molar-refractivity contribution is -0.138. The van der Waals surface area contributed by atoms with E-state index in [0.717, 1.165) is 0 Å². The first-order valence-electron chi connectivity index (χ1n) is 8.47. The van der Waals surface area contributed by atoms with E-state index < -0.39 is 15.8 Å². The molecule has 3 heterocycles. The van der Waals surface area contributed by atoms with Gasteiger partial charge in [0.15, 0.2) is 15.0 Å². The number of urea groups is 1. The number of nitrogens with zero attached hydrogens (tertiary/aromatic N) is 3. The van der Waals surface area contributed by atoms with E-state index in [-0.39, 0.29) is 36.6 Å². The van der Waals surface area contributed by atoms with Crippen molar-refractivity contribution < 1.29 is 22.7 Å². The van der Waals surface area contributed by atoms with E-state index in [1.807, 2.05) is 0 Å². The molecule has 2 N–H and O–H groups in total. The lowest BCUT2D eigenvalue weighted by Gasteiger charge is -2.21. The maximum atomic E-state index is 12.1. The van der Waals surface area contributed by atoms with Crippen molar-refractivity contribution >= 4 is 33.6 Å². The molecule has 1 atom stereocenters. The summed E-state index contributed by atoms with van der Waals surface area (Å²) in [4.78, 5) is 23.7. The third kappa shape index (κ3) is 4.43. The number of ether oxygens (including phenoxy) is 1. The van der Waals surface area contributed by atoms with Crippen LogP contribution in [0.2, 0.25) is 0 Å². The van der Waals surface area contributed by atoms with Gasteiger partial charge in [-0.3, -0.25) is 0 Å². The molecule has 1 aromatic heterocycles. The van der Waals surface area contributed by atoms with Gasteiger partial charge in [-0.1, -0.05) is 11.8 Å². The molecule has 2 aliphatic heterocycles. The second-order valence-electron chi connectivity index (χ2n) is 6.27. The minimum absolute atomic E-state index is 0.0868. The zero-order valence-corrected chi connectivity index (χ0v) is 16.7. The lowest BCUT2D eigenvalue weighted by atomic mass is 10.1. The van der Waals surface area contributed by atoms with Crippen LogP contribution in [0.5, 0.6) is 0 Å². The van der Waals surface area contributed by atoms with Gasteiger partial charge >= 0.3 is 12.0 Å². The number of amides is 2. The Bertz CT molecular complexity index is 892. The summed E-state index contributed by atoms with van der Waals surface area (Å²) in [5.74, 6) is 0.555. The Morgan fingerprint density at radius 2 is 2.19 bits per heavy atom. The Kier molecular flexibility index (Phi) is 5.75. The molecule has 1 aromatic rings. The average Bonchev–Trinajstić information content (AvgIpc) is 3.15. The first-order valence-corrected chi connectivity index (χ1v) is 11.3. The summed E-state index contributed by atoms with van der Waals surface area (Å²) in [5.41, 5.74) is 0.837. The molecule has 0 unspecified atom stereocenters. The van der Waals surface area contributed by atoms with Gasteiger partial charge < -0.3 is 19.9 Å². The van der Waals surface area contributed by atoms with Crippen molar-refractivity contribution in [3.05, 3.63) is 17.1 Å². The number of carbonyl (C=O) groups excluding carboxylic acids is 2. The largest absolute Gasteiger partial charge is 0.463 e. The fourth-order valence-electron chi connectivity index (χ4n) is 3.01. The van der Waals surface area contributed by atoms with Gasteiger partial charge in [-0.25, -0.2) is 18.0 Å². The van der Waals surface area contributed by atoms with Crippen LogP contribution < -0.4 is 10.6 Å². The van der Waals surface area contributed by atoms with Crippen LogP contribution in [-0.2, 0) is 26.4 Å². The number of esters is 1. The Balaban J connectivity index is 1.74. The van der Waals surface area contributed by atoms with Crippen LogP contribution in [0.25, 0.3) is 0 Å². The fraction of sp³-hybridized carbons (Fsp3) is 0.600. The monoisotopic (exact) mass is 415 g/mol. The molecule has 2 amide bonds. The molecule has 0 bridgehead atoms. The van der Waals surface area contributed by atoms with Crippen molar-refractivity contribution in [3.63, 3.8) is 0 Å². The van der Waals surface area contributed by atoms with Crippen LogP contribution in [0.15, 0.2) is 16.4 Å². The third-order valence-corrected chi connectivity index (χ3v) is 7.20. The normalized spacial score (nSPS) is 21.7. The van der Waals surface area contributed by atoms with E-state index in [1.165, 1.54) is 11.8 Å². The molecule has 0 spiro atoms. The highest BCUT2D eigenvalue weighted by molar-refractivity contribution is 7.99. The smallest absolute Gasteiger partial charge is 0.337 e. The number of hydrogen-bond donors (Lipinski definition) is 2. The zero-order chi connectivity index (χ0) is 19.6. The van der Waals surface area contributed by atoms with Crippen LogP contribution in [0.3, 0.4) is 0 Å². The second-order valence-corrected chi connectivity index (χ2v) is 9.44. The van der Waals surface area contributed by atoms with Crippen molar-refractivity contribution in [1.82, 2.24) is 25.4 Å². The second kappa shape index (κ2) is 7.89. The molecule has 0 radical (unpaired) electrons. The van der Waals surface area contributed by atoms with E-state index in [1.54, 1.807) is 18.5 Å². The molecule has 0 aliphatic carbocycles. The molecule has 12 heteroatoms. The summed E-state index contributed by atoms with van der Waals surface area (Å²) in [7, 11) is -1.23. The van der Waals surface area contributed by atoms with Crippen LogP contribution in [0, 0.1) is 0 Å². The maximum Gasteiger partial charge on any atom is 0.337 e. The summed E-state index contributed by atoms with van der Waals surface area (Å²) in [6.45, 7) is 2.06. The van der Waals surface area contributed by atoms with E-state index >= 15 is 0 Å². The van der Waals surface area contributed by atoms with Gasteiger partial charge in [-0.05, 0) is 13.3 Å². The molecule has 0 saturated carbocycles. The number of carbonyl (C=O) groups is 2. The van der Waals surface area contributed by atoms with Crippen molar-refractivity contribution in [2.75, 3.05) is 30.4 Å². The van der Waals surface area contributed by atoms with Crippen molar-refractivity contribution in [2.24, 2.45) is 7.05 Å². The number of aromatic nitrogens is 3. The number of rotatable bonds is 6. The molecule has 27 heavy (non-hydrogen) atoms. The predicted molar refractivity (Wildman–Crippen MR) is 97.9 cm³/mol. The molecular formula is C15H21N5O5S2. The van der Waals surface area contributed by atoms with E-state index in [9.17, 15) is 18.0 Å². The molecule has 148 valence electrons. The van der Waals surface area contributed by atoms with Crippen molar-refractivity contribution in [3.8, 4) is 0 Å². The fourth-order valence-corrected chi connectivity index (χ4v) is 5.66. The Hall–Kier alpha value is -2.08. The van der Waals surface area contributed by atoms with Gasteiger partial charge in [0.2, 0.25) is 0 Å². The molecule has 2 aliphatic rings. The maximum absolute atomic E-state index is 12.1. The summed E-state index contributed by atoms with van der Waals surface area (Å²) in [5, 5.41) is 14.0. The third-order valence-electron chi connectivity index (χ3n) is 4.39. The van der Waals surface area contributed by atoms with Crippen LogP contribution in [0.4, 0.5) is 4.79 Å². The topological polar surface area (TPSA) is 132 Å². The molecule has 1 saturated heterocycles. The predicted octanol–water partition coefficient (Wildman–Crippen LogP) is -0.0607. The highest BCUT2D eigenvalue weighted by Gasteiger charge is 2.32. The van der Waals surface area contributed by atoms with Gasteiger partial charge in [0.05, 0.1) is 30.2 Å². The summed E-state index contributed by atoms with van der Waals surface area (Å²) < 4.78 is 30.2. The average molecular weight is 415 g/mol. The molecular weight excluding hydrogens is 394 g/mol. The quantitative estimate of drug-likeness (QED) is 0.488. The van der Waals surface area contributed by atoms with Crippen molar-refractivity contribution in [1.29, 1.82) is 0 Å². The highest BCUT2D eigenvalue weighted by atomic mass is 32.2. The minimum atomic E-state index is -3.01. The zero-order valence-electron chi connectivity index (χ0n) is 15.0. The Morgan fingerprint density at radius 1 is 1.41 bits per heavy atom. The van der Waals surface area contributed by atoms with Crippen LogP contribution >= 0.6 is 11.8 Å². The Labute approximate surface area is 161 Å². The Morgan fingerprint density at radius 3 is 2.85 bits per heavy atom. The number of nitrogens with one attached hydrogen (secondary N) is 2. The van der Waals surface area contributed by atoms with E-state index in [4.69, 9.17) is 4.74 Å². The van der Waals surface area contributed by atoms with Gasteiger partial charge in [0, 0.05) is 24.4 Å². The van der Waals surface area contributed by atoms with Gasteiger partial charge in [-0.2, -0.15) is 0 Å². The first-order chi connectivity index (χ1) is 12.8. The van der Waals surface area contributed by atoms with E-state index in [0.29, 0.717) is 34.4 Å². The molecule has 3 rings (SSSR count). The highest BCUT2D eigenvalue weighted by Crippen LogP contribution is 2.30. The van der Waals surface area contributed by atoms with Gasteiger partial charge in [0.1, 0.15) is 5.82 Å². The first kappa shape index (κ1) is 19.7. The van der Waals surface area contributed by atoms with Crippen LogP contribution in [-0.4, -0.2) is 65.6 Å². The number of thioether (sulfide) groups is 1. The standard InChI is InChI=1S/C15H21N5O5S2/c1-3-25-13(21)10-6-16-14(22)17-11(10)7-26-15-19-18-12(20(15)2)9-4-5-27(23,24)8-9/h9H,3-8H2,1-2H3,(H2,16,17,22)/t9-/m1/s1. The molecule has 0 aromatic carbocycles. The van der Waals surface area contributed by atoms with E-state index in [2.05, 4.69) is 20.8 Å². The molecule has 1 fully saturated rings. The van der Waals surface area contributed by atoms with Gasteiger partial charge in [-0.15, -0.1) is 10.2 Å². The van der Waals surface area contributed by atoms with Gasteiger partial charge in [0.25, 0.3) is 0 Å². The lowest BCUT2D eigenvalue weighted by Crippen LogP contribution is -2.44. The minimum Gasteiger partial charge on any atom is -0.463 e. The van der Waals surface area contributed by atoms with Crippen LogP contribution in [0.1, 0.15) is 25.1 Å².